The Bertz CT molecular complexity index is 2370. The number of benzene rings is 6. The van der Waals surface area contributed by atoms with Crippen LogP contribution in [0.15, 0.2) is 127 Å². The number of hydrogen-bond donors (Lipinski definition) is 0. The molecule has 4 aliphatic carbocycles. The Morgan fingerprint density at radius 3 is 1.93 bits per heavy atom. The van der Waals surface area contributed by atoms with Crippen LogP contribution in [0.5, 0.6) is 0 Å². The molecule has 44 heavy (non-hydrogen) atoms. The van der Waals surface area contributed by atoms with Gasteiger partial charge in [-0.2, -0.15) is 5.26 Å². The van der Waals surface area contributed by atoms with Crippen LogP contribution in [0.2, 0.25) is 0 Å². The third-order valence-corrected chi connectivity index (χ3v) is 10.3. The fourth-order valence-corrected chi connectivity index (χ4v) is 8.70. The van der Waals surface area contributed by atoms with Gasteiger partial charge in [0.2, 0.25) is 0 Å². The molecule has 6 aromatic carbocycles. The number of rotatable bonds is 3. The van der Waals surface area contributed by atoms with Gasteiger partial charge in [-0.25, -0.2) is 0 Å². The van der Waals surface area contributed by atoms with Crippen molar-refractivity contribution in [1.29, 1.82) is 5.26 Å². The first-order valence-electron chi connectivity index (χ1n) is 15.4. The van der Waals surface area contributed by atoms with Crippen LogP contribution in [0.25, 0.3) is 45.2 Å². The van der Waals surface area contributed by atoms with E-state index in [9.17, 15) is 5.26 Å². The van der Waals surface area contributed by atoms with Crippen LogP contribution in [0, 0.1) is 11.3 Å². The second-order valence-electron chi connectivity index (χ2n) is 12.3. The van der Waals surface area contributed by atoms with E-state index in [1.165, 1.54) is 71.8 Å². The molecule has 0 N–H and O–H groups in total. The normalized spacial score (nSPS) is 17.1. The smallest absolute Gasteiger partial charge is 0.0991 e. The molecule has 1 spiro atoms. The highest BCUT2D eigenvalue weighted by Crippen LogP contribution is 2.70. The summed E-state index contributed by atoms with van der Waals surface area (Å²) in [5.74, 6) is 0. The molecule has 2 heteroatoms. The average Bonchev–Trinajstić information content (AvgIpc) is 3.68. The quantitative estimate of drug-likeness (QED) is 0.218. The van der Waals surface area contributed by atoms with Crippen LogP contribution >= 0.6 is 0 Å². The van der Waals surface area contributed by atoms with E-state index in [1.807, 2.05) is 12.1 Å². The summed E-state index contributed by atoms with van der Waals surface area (Å²) in [5.41, 5.74) is 17.6. The van der Waals surface area contributed by atoms with E-state index in [2.05, 4.69) is 132 Å². The Labute approximate surface area is 256 Å². The lowest BCUT2D eigenvalue weighted by atomic mass is 9.73. The van der Waals surface area contributed by atoms with Crippen molar-refractivity contribution in [2.75, 3.05) is 4.90 Å². The molecule has 0 bridgehead atoms. The maximum absolute atomic E-state index is 9.56. The molecule has 0 amide bonds. The predicted octanol–water partition coefficient (Wildman–Crippen LogP) is 8.40. The van der Waals surface area contributed by atoms with Gasteiger partial charge in [-0.15, -0.1) is 0 Å². The van der Waals surface area contributed by atoms with Crippen LogP contribution in [0.3, 0.4) is 0 Å². The number of hydrogen-bond acceptors (Lipinski definition) is 2. The Morgan fingerprint density at radius 2 is 1.18 bits per heavy atom. The van der Waals surface area contributed by atoms with Crippen molar-refractivity contribution in [3.63, 3.8) is 0 Å². The summed E-state index contributed by atoms with van der Waals surface area (Å²) in [6.07, 6.45) is 4.29. The van der Waals surface area contributed by atoms with Crippen LogP contribution in [0.1, 0.15) is 40.7 Å². The Kier molecular flexibility index (Phi) is 4.59. The molecule has 4 aliphatic rings. The molecule has 6 aromatic rings. The lowest BCUT2D eigenvalue weighted by molar-refractivity contribution is 0.817. The van der Waals surface area contributed by atoms with Crippen molar-refractivity contribution in [3.05, 3.63) is 166 Å². The van der Waals surface area contributed by atoms with Crippen molar-refractivity contribution in [2.24, 2.45) is 0 Å². The molecule has 0 aliphatic heterocycles. The van der Waals surface area contributed by atoms with Gasteiger partial charge in [-0.3, -0.25) is 0 Å². The molecule has 0 radical (unpaired) electrons. The van der Waals surface area contributed by atoms with E-state index >= 15 is 0 Å². The first-order chi connectivity index (χ1) is 21.8. The Morgan fingerprint density at radius 1 is 0.568 bits per heavy atom. The summed E-state index contributed by atoms with van der Waals surface area (Å²) in [7, 11) is 0. The molecule has 0 saturated carbocycles. The van der Waals surface area contributed by atoms with E-state index in [0.29, 0.717) is 5.56 Å². The van der Waals surface area contributed by atoms with Crippen molar-refractivity contribution in [2.45, 2.75) is 18.3 Å². The molecular weight excluding hydrogens is 532 g/mol. The maximum atomic E-state index is 9.56. The number of anilines is 2. The largest absolute Gasteiger partial charge is 0.314 e. The van der Waals surface area contributed by atoms with Gasteiger partial charge in [-0.05, 0) is 110 Å². The highest BCUT2D eigenvalue weighted by atomic mass is 15.1. The summed E-state index contributed by atoms with van der Waals surface area (Å²) in [6, 6.07) is 49.0. The fraction of sp³-hybridized carbons (Fsp3) is 0.0714. The third kappa shape index (κ3) is 2.80. The Hall–Kier alpha value is -5.65. The molecular formula is C42H26N2. The molecule has 1 atom stereocenters. The number of nitriles is 1. The van der Waals surface area contributed by atoms with Crippen LogP contribution in [-0.2, 0) is 5.41 Å². The third-order valence-electron chi connectivity index (χ3n) is 10.3. The van der Waals surface area contributed by atoms with Crippen LogP contribution in [-0.4, -0.2) is 0 Å². The molecule has 0 unspecified atom stereocenters. The van der Waals surface area contributed by atoms with E-state index in [0.717, 1.165) is 24.2 Å². The zero-order valence-corrected chi connectivity index (χ0v) is 24.0. The monoisotopic (exact) mass is 558 g/mol. The minimum atomic E-state index is -0.320. The highest BCUT2D eigenvalue weighted by Gasteiger charge is 2.57. The van der Waals surface area contributed by atoms with E-state index in [-0.39, 0.29) is 5.41 Å². The molecule has 204 valence electrons. The molecule has 0 saturated heterocycles. The van der Waals surface area contributed by atoms with Gasteiger partial charge in [-0.1, -0.05) is 97.1 Å². The fourth-order valence-electron chi connectivity index (χ4n) is 8.70. The summed E-state index contributed by atoms with van der Waals surface area (Å²) in [4.78, 5) is 2.44. The highest BCUT2D eigenvalue weighted by molar-refractivity contribution is 6.06. The molecule has 0 aromatic heterocycles. The first kappa shape index (κ1) is 23.9. The SMILES string of the molecule is N#Cc1ccc(N(C2=c3ccccc3=CCC2)c2ccc3c(c2)[C@]24c5ccccc5-c5cccc(c52)-c2cccc-3c24)cc1. The zero-order chi connectivity index (χ0) is 29.0. The second-order valence-corrected chi connectivity index (χ2v) is 12.3. The van der Waals surface area contributed by atoms with Crippen molar-refractivity contribution in [3.8, 4) is 39.4 Å². The van der Waals surface area contributed by atoms with Gasteiger partial charge in [0.1, 0.15) is 0 Å². The average molecular weight is 559 g/mol. The minimum Gasteiger partial charge on any atom is -0.314 e. The Balaban J connectivity index is 1.30. The predicted molar refractivity (Wildman–Crippen MR) is 178 cm³/mol. The summed E-state index contributed by atoms with van der Waals surface area (Å²) >= 11 is 0. The van der Waals surface area contributed by atoms with Gasteiger partial charge in [0, 0.05) is 22.3 Å². The maximum Gasteiger partial charge on any atom is 0.0991 e. The van der Waals surface area contributed by atoms with E-state index < -0.39 is 0 Å². The van der Waals surface area contributed by atoms with Crippen molar-refractivity contribution in [1.82, 2.24) is 0 Å². The van der Waals surface area contributed by atoms with Gasteiger partial charge < -0.3 is 4.90 Å². The number of nitrogens with zero attached hydrogens (tertiary/aromatic N) is 2. The van der Waals surface area contributed by atoms with E-state index in [1.54, 1.807) is 0 Å². The first-order valence-corrected chi connectivity index (χ1v) is 15.4. The standard InChI is InChI=1S/C42H26N2/c43-25-26-18-20-28(21-19-26)44(39-17-5-9-27-8-1-2-10-30(27)39)29-22-23-32-34-13-7-15-36-35-14-6-12-33-31-11-3-4-16-37(31)42(40(33)35,41(34)36)38(32)24-29/h1-4,6-16,18-24H,5,17H2/t42-/m1/s1. The van der Waals surface area contributed by atoms with Crippen LogP contribution < -0.4 is 15.3 Å². The van der Waals surface area contributed by atoms with Gasteiger partial charge >= 0.3 is 0 Å². The summed E-state index contributed by atoms with van der Waals surface area (Å²) in [6.45, 7) is 0. The van der Waals surface area contributed by atoms with Crippen molar-refractivity contribution >= 4 is 23.1 Å². The minimum absolute atomic E-state index is 0.320. The lowest BCUT2D eigenvalue weighted by Gasteiger charge is -2.32. The number of fused-ring (bicyclic) bond motifs is 6. The molecule has 2 nitrogen and oxygen atoms in total. The van der Waals surface area contributed by atoms with Gasteiger partial charge in [0.05, 0.1) is 17.0 Å². The van der Waals surface area contributed by atoms with Gasteiger partial charge in [0.15, 0.2) is 0 Å². The lowest BCUT2D eigenvalue weighted by Crippen LogP contribution is -2.35. The zero-order valence-electron chi connectivity index (χ0n) is 24.0. The molecule has 0 fully saturated rings. The second kappa shape index (κ2) is 8.47. The molecule has 0 heterocycles. The van der Waals surface area contributed by atoms with Crippen molar-refractivity contribution < 1.29 is 0 Å². The summed E-state index contributed by atoms with van der Waals surface area (Å²) in [5, 5.41) is 12.1. The van der Waals surface area contributed by atoms with E-state index in [4.69, 9.17) is 0 Å². The summed E-state index contributed by atoms with van der Waals surface area (Å²) < 4.78 is 0. The van der Waals surface area contributed by atoms with Crippen LogP contribution in [0.4, 0.5) is 11.4 Å². The van der Waals surface area contributed by atoms with Gasteiger partial charge in [0.25, 0.3) is 0 Å². The molecule has 10 rings (SSSR count). The topological polar surface area (TPSA) is 27.0 Å².